The summed E-state index contributed by atoms with van der Waals surface area (Å²) in [5.74, 6) is 0.895. The summed E-state index contributed by atoms with van der Waals surface area (Å²) < 4.78 is 6.39. The highest BCUT2D eigenvalue weighted by Gasteiger charge is 2.11. The van der Waals surface area contributed by atoms with Crippen molar-refractivity contribution in [3.05, 3.63) is 64.1 Å². The summed E-state index contributed by atoms with van der Waals surface area (Å²) in [5.41, 5.74) is 2.50. The van der Waals surface area contributed by atoms with Crippen molar-refractivity contribution in [2.75, 3.05) is 7.11 Å². The highest BCUT2D eigenvalue weighted by Crippen LogP contribution is 2.23. The smallest absolute Gasteiger partial charge is 0.119 e. The Morgan fingerprint density at radius 1 is 0.950 bits per heavy atom. The number of hydrogen-bond acceptors (Lipinski definition) is 2. The van der Waals surface area contributed by atoms with E-state index < -0.39 is 0 Å². The van der Waals surface area contributed by atoms with Crippen molar-refractivity contribution < 1.29 is 4.74 Å². The number of nitrogens with one attached hydrogen (secondary N) is 1. The van der Waals surface area contributed by atoms with Gasteiger partial charge in [-0.1, -0.05) is 40.2 Å². The number of halogens is 1. The van der Waals surface area contributed by atoms with Crippen LogP contribution in [0.3, 0.4) is 0 Å². The number of ether oxygens (including phenoxy) is 1. The minimum Gasteiger partial charge on any atom is -0.497 e. The van der Waals surface area contributed by atoms with E-state index in [-0.39, 0.29) is 12.1 Å². The summed E-state index contributed by atoms with van der Waals surface area (Å²) in [5, 5.41) is 3.61. The molecule has 0 saturated carbocycles. The SMILES string of the molecule is COc1cccc([C@@H](C)N[C@H](C)c2cccc(Br)c2)c1. The Kier molecular flexibility index (Phi) is 5.21. The first-order valence-electron chi connectivity index (χ1n) is 6.75. The first-order valence-corrected chi connectivity index (χ1v) is 7.55. The van der Waals surface area contributed by atoms with Gasteiger partial charge < -0.3 is 10.1 Å². The Balaban J connectivity index is 2.08. The molecule has 106 valence electrons. The molecule has 0 aliphatic carbocycles. The second-order valence-corrected chi connectivity index (χ2v) is 5.86. The molecule has 0 aliphatic rings. The summed E-state index contributed by atoms with van der Waals surface area (Å²) in [6.45, 7) is 4.35. The lowest BCUT2D eigenvalue weighted by atomic mass is 10.0. The molecular formula is C17H20BrNO. The van der Waals surface area contributed by atoms with E-state index in [1.807, 2.05) is 18.2 Å². The van der Waals surface area contributed by atoms with Gasteiger partial charge in [-0.3, -0.25) is 0 Å². The number of hydrogen-bond donors (Lipinski definition) is 1. The van der Waals surface area contributed by atoms with E-state index in [1.54, 1.807) is 7.11 Å². The van der Waals surface area contributed by atoms with Gasteiger partial charge in [0, 0.05) is 16.6 Å². The second kappa shape index (κ2) is 6.91. The molecule has 3 heteroatoms. The fourth-order valence-corrected chi connectivity index (χ4v) is 2.67. The lowest BCUT2D eigenvalue weighted by Gasteiger charge is -2.21. The van der Waals surface area contributed by atoms with Crippen LogP contribution in [0, 0.1) is 0 Å². The van der Waals surface area contributed by atoms with Crippen molar-refractivity contribution in [3.8, 4) is 5.75 Å². The summed E-state index contributed by atoms with van der Waals surface area (Å²) in [4.78, 5) is 0. The molecule has 0 unspecified atom stereocenters. The van der Waals surface area contributed by atoms with Gasteiger partial charge in [0.2, 0.25) is 0 Å². The fraction of sp³-hybridized carbons (Fsp3) is 0.294. The number of rotatable bonds is 5. The lowest BCUT2D eigenvalue weighted by Crippen LogP contribution is -2.22. The zero-order valence-electron chi connectivity index (χ0n) is 12.1. The maximum atomic E-state index is 5.28. The average molecular weight is 334 g/mol. The molecule has 2 rings (SSSR count). The highest BCUT2D eigenvalue weighted by molar-refractivity contribution is 9.10. The van der Waals surface area contributed by atoms with Crippen LogP contribution in [0.4, 0.5) is 0 Å². The third-order valence-electron chi connectivity index (χ3n) is 3.44. The summed E-state index contributed by atoms with van der Waals surface area (Å²) in [7, 11) is 1.70. The van der Waals surface area contributed by atoms with Gasteiger partial charge in [0.25, 0.3) is 0 Å². The van der Waals surface area contributed by atoms with Crippen molar-refractivity contribution in [3.63, 3.8) is 0 Å². The van der Waals surface area contributed by atoms with Crippen LogP contribution in [-0.4, -0.2) is 7.11 Å². The summed E-state index contributed by atoms with van der Waals surface area (Å²) >= 11 is 3.52. The Hall–Kier alpha value is -1.32. The zero-order chi connectivity index (χ0) is 14.5. The lowest BCUT2D eigenvalue weighted by molar-refractivity contribution is 0.412. The standard InChI is InChI=1S/C17H20BrNO/c1-12(14-6-4-8-16(18)10-14)19-13(2)15-7-5-9-17(11-15)20-3/h4-13,19H,1-3H3/t12-,13-/m1/s1. The van der Waals surface area contributed by atoms with Crippen LogP contribution in [0.1, 0.15) is 37.1 Å². The van der Waals surface area contributed by atoms with Crippen molar-refractivity contribution in [1.82, 2.24) is 5.32 Å². The van der Waals surface area contributed by atoms with E-state index in [4.69, 9.17) is 4.74 Å². The van der Waals surface area contributed by atoms with E-state index in [1.165, 1.54) is 11.1 Å². The topological polar surface area (TPSA) is 21.3 Å². The van der Waals surface area contributed by atoms with Crippen molar-refractivity contribution in [2.24, 2.45) is 0 Å². The summed E-state index contributed by atoms with van der Waals surface area (Å²) in [6.07, 6.45) is 0. The van der Waals surface area contributed by atoms with E-state index in [0.717, 1.165) is 10.2 Å². The molecule has 0 fully saturated rings. The van der Waals surface area contributed by atoms with Gasteiger partial charge >= 0.3 is 0 Å². The van der Waals surface area contributed by atoms with Gasteiger partial charge in [-0.2, -0.15) is 0 Å². The van der Waals surface area contributed by atoms with Crippen molar-refractivity contribution >= 4 is 15.9 Å². The number of benzene rings is 2. The van der Waals surface area contributed by atoms with Crippen molar-refractivity contribution in [1.29, 1.82) is 0 Å². The van der Waals surface area contributed by atoms with E-state index in [2.05, 4.69) is 65.4 Å². The van der Waals surface area contributed by atoms with E-state index in [0.29, 0.717) is 0 Å². The molecule has 0 heterocycles. The van der Waals surface area contributed by atoms with E-state index >= 15 is 0 Å². The first-order chi connectivity index (χ1) is 9.60. The van der Waals surface area contributed by atoms with Crippen LogP contribution in [0.5, 0.6) is 5.75 Å². The van der Waals surface area contributed by atoms with Gasteiger partial charge in [-0.05, 0) is 49.2 Å². The van der Waals surface area contributed by atoms with Gasteiger partial charge in [0.15, 0.2) is 0 Å². The Bertz CT molecular complexity index is 570. The molecule has 0 amide bonds. The molecule has 2 nitrogen and oxygen atoms in total. The first kappa shape index (κ1) is 15.1. The fourth-order valence-electron chi connectivity index (χ4n) is 2.25. The molecule has 2 atom stereocenters. The Morgan fingerprint density at radius 3 is 2.15 bits per heavy atom. The molecule has 0 bridgehead atoms. The van der Waals surface area contributed by atoms with Crippen LogP contribution >= 0.6 is 15.9 Å². The van der Waals surface area contributed by atoms with Gasteiger partial charge in [-0.15, -0.1) is 0 Å². The Morgan fingerprint density at radius 2 is 1.55 bits per heavy atom. The van der Waals surface area contributed by atoms with Crippen LogP contribution in [0.15, 0.2) is 53.0 Å². The molecular weight excluding hydrogens is 314 g/mol. The highest BCUT2D eigenvalue weighted by atomic mass is 79.9. The monoisotopic (exact) mass is 333 g/mol. The molecule has 0 aliphatic heterocycles. The normalized spacial score (nSPS) is 13.8. The van der Waals surface area contributed by atoms with Gasteiger partial charge in [0.05, 0.1) is 7.11 Å². The minimum atomic E-state index is 0.263. The van der Waals surface area contributed by atoms with Crippen LogP contribution in [-0.2, 0) is 0 Å². The number of methoxy groups -OCH3 is 1. The van der Waals surface area contributed by atoms with Crippen LogP contribution < -0.4 is 10.1 Å². The quantitative estimate of drug-likeness (QED) is 0.842. The van der Waals surface area contributed by atoms with Gasteiger partial charge in [0.1, 0.15) is 5.75 Å². The third-order valence-corrected chi connectivity index (χ3v) is 3.94. The molecule has 20 heavy (non-hydrogen) atoms. The molecule has 0 spiro atoms. The maximum Gasteiger partial charge on any atom is 0.119 e. The Labute approximate surface area is 129 Å². The largest absolute Gasteiger partial charge is 0.497 e. The summed E-state index contributed by atoms with van der Waals surface area (Å²) in [6, 6.07) is 17.1. The van der Waals surface area contributed by atoms with Gasteiger partial charge in [-0.25, -0.2) is 0 Å². The predicted octanol–water partition coefficient (Wildman–Crippen LogP) is 4.87. The van der Waals surface area contributed by atoms with E-state index in [9.17, 15) is 0 Å². The van der Waals surface area contributed by atoms with Crippen LogP contribution in [0.25, 0.3) is 0 Å². The molecule has 1 N–H and O–H groups in total. The molecule has 0 radical (unpaired) electrons. The second-order valence-electron chi connectivity index (χ2n) is 4.94. The minimum absolute atomic E-state index is 0.263. The molecule has 0 aromatic heterocycles. The average Bonchev–Trinajstić information content (AvgIpc) is 2.47. The predicted molar refractivity (Wildman–Crippen MR) is 87.1 cm³/mol. The third kappa shape index (κ3) is 3.84. The zero-order valence-corrected chi connectivity index (χ0v) is 13.6. The maximum absolute atomic E-state index is 5.28. The van der Waals surface area contributed by atoms with Crippen LogP contribution in [0.2, 0.25) is 0 Å². The molecule has 2 aromatic rings. The molecule has 0 saturated heterocycles. The van der Waals surface area contributed by atoms with Crippen molar-refractivity contribution in [2.45, 2.75) is 25.9 Å². The molecule has 2 aromatic carbocycles.